The molecule has 1 aromatic heterocycles. The molecule has 2 N–H and O–H groups in total. The molecule has 0 saturated heterocycles. The number of hydrogen-bond donors (Lipinski definition) is 1. The Morgan fingerprint density at radius 3 is 2.18 bits per heavy atom. The summed E-state index contributed by atoms with van der Waals surface area (Å²) >= 11 is 12.9. The highest BCUT2D eigenvalue weighted by atomic mass is 35.5. The van der Waals surface area contributed by atoms with E-state index in [0.717, 1.165) is 22.5 Å². The van der Waals surface area contributed by atoms with Crippen LogP contribution in [0.2, 0.25) is 10.0 Å². The normalized spacial score (nSPS) is 11.4. The van der Waals surface area contributed by atoms with Crippen molar-refractivity contribution in [3.8, 4) is 11.1 Å². The van der Waals surface area contributed by atoms with Gasteiger partial charge in [-0.15, -0.1) is 0 Å². The summed E-state index contributed by atoms with van der Waals surface area (Å²) in [6.45, 7) is 0.177. The van der Waals surface area contributed by atoms with Crippen LogP contribution < -0.4 is 5.73 Å². The molecule has 0 aliphatic heterocycles. The second kappa shape index (κ2) is 8.18. The van der Waals surface area contributed by atoms with E-state index in [1.807, 2.05) is 28.8 Å². The molecule has 0 bridgehead atoms. The van der Waals surface area contributed by atoms with Crippen LogP contribution in [-0.2, 0) is 6.54 Å². The first kappa shape index (κ1) is 21.4. The van der Waals surface area contributed by atoms with E-state index < -0.39 is 17.5 Å². The first-order valence-electron chi connectivity index (χ1n) is 10.1. The number of fused-ring (bicyclic) bond motifs is 3. The summed E-state index contributed by atoms with van der Waals surface area (Å²) in [5.74, 6) is -1.88. The summed E-state index contributed by atoms with van der Waals surface area (Å²) in [4.78, 5) is 12.2. The van der Waals surface area contributed by atoms with Crippen LogP contribution in [0.5, 0.6) is 0 Å². The highest BCUT2D eigenvalue weighted by Gasteiger charge is 2.19. The molecular weight excluding hydrogens is 465 g/mol. The first-order chi connectivity index (χ1) is 15.8. The Morgan fingerprint density at radius 2 is 1.52 bits per heavy atom. The van der Waals surface area contributed by atoms with E-state index in [0.29, 0.717) is 37.6 Å². The number of rotatable bonds is 4. The SMILES string of the molecule is NC(=O)c1cccc2c1c1ccc(-c3c(Cl)cccc3Cl)cc1n2Cc1cc(F)cc(F)c1. The van der Waals surface area contributed by atoms with Crippen molar-refractivity contribution in [3.63, 3.8) is 0 Å². The molecule has 0 fully saturated rings. The topological polar surface area (TPSA) is 48.0 Å². The van der Waals surface area contributed by atoms with Crippen LogP contribution in [0.15, 0.2) is 72.8 Å². The Bertz CT molecular complexity index is 1540. The molecule has 1 amide bonds. The van der Waals surface area contributed by atoms with Crippen molar-refractivity contribution in [2.45, 2.75) is 6.54 Å². The number of nitrogens with zero attached hydrogens (tertiary/aromatic N) is 1. The number of halogens is 4. The molecule has 7 heteroatoms. The maximum absolute atomic E-state index is 13.9. The van der Waals surface area contributed by atoms with Gasteiger partial charge in [0.05, 0.1) is 11.0 Å². The van der Waals surface area contributed by atoms with Gasteiger partial charge in [-0.3, -0.25) is 4.79 Å². The van der Waals surface area contributed by atoms with Gasteiger partial charge in [-0.05, 0) is 53.6 Å². The van der Waals surface area contributed by atoms with Crippen LogP contribution >= 0.6 is 23.2 Å². The number of benzene rings is 4. The highest BCUT2D eigenvalue weighted by Crippen LogP contribution is 2.39. The standard InChI is InChI=1S/C26H16Cl2F2N2O/c27-20-4-2-5-21(28)24(20)15-7-8-18-23(11-15)32(13-14-9-16(29)12-17(30)10-14)22-6-1-3-19(25(18)22)26(31)33/h1-12H,13H2,(H2,31,33). The zero-order chi connectivity index (χ0) is 23.3. The lowest BCUT2D eigenvalue weighted by Crippen LogP contribution is -2.11. The molecule has 1 heterocycles. The van der Waals surface area contributed by atoms with Crippen LogP contribution in [0, 0.1) is 11.6 Å². The summed E-state index contributed by atoms with van der Waals surface area (Å²) in [6.07, 6.45) is 0. The van der Waals surface area contributed by atoms with E-state index in [1.54, 1.807) is 30.3 Å². The molecule has 164 valence electrons. The Hall–Kier alpha value is -3.41. The summed E-state index contributed by atoms with van der Waals surface area (Å²) in [5.41, 5.74) is 9.37. The Labute approximate surface area is 197 Å². The second-order valence-corrected chi connectivity index (χ2v) is 8.57. The molecule has 0 spiro atoms. The first-order valence-corrected chi connectivity index (χ1v) is 10.8. The lowest BCUT2D eigenvalue weighted by Gasteiger charge is -2.11. The molecule has 0 unspecified atom stereocenters. The fourth-order valence-electron chi connectivity index (χ4n) is 4.33. The lowest BCUT2D eigenvalue weighted by molar-refractivity contribution is 0.100. The second-order valence-electron chi connectivity index (χ2n) is 7.76. The smallest absolute Gasteiger partial charge is 0.249 e. The number of aromatic nitrogens is 1. The van der Waals surface area contributed by atoms with Crippen molar-refractivity contribution in [3.05, 3.63) is 106 Å². The maximum Gasteiger partial charge on any atom is 0.249 e. The van der Waals surface area contributed by atoms with Crippen molar-refractivity contribution < 1.29 is 13.6 Å². The number of hydrogen-bond acceptors (Lipinski definition) is 1. The van der Waals surface area contributed by atoms with Gasteiger partial charge < -0.3 is 10.3 Å². The Kier molecular flexibility index (Phi) is 5.31. The van der Waals surface area contributed by atoms with Crippen molar-refractivity contribution >= 4 is 50.9 Å². The molecule has 0 aliphatic carbocycles. The molecule has 3 nitrogen and oxygen atoms in total. The van der Waals surface area contributed by atoms with Gasteiger partial charge in [-0.25, -0.2) is 8.78 Å². The molecule has 0 saturated carbocycles. The zero-order valence-corrected chi connectivity index (χ0v) is 18.6. The lowest BCUT2D eigenvalue weighted by atomic mass is 10.0. The van der Waals surface area contributed by atoms with Gasteiger partial charge in [0, 0.05) is 44.6 Å². The quantitative estimate of drug-likeness (QED) is 0.290. The Balaban J connectivity index is 1.83. The van der Waals surface area contributed by atoms with Gasteiger partial charge in [0.1, 0.15) is 11.6 Å². The van der Waals surface area contributed by atoms with E-state index >= 15 is 0 Å². The largest absolute Gasteiger partial charge is 0.366 e. The molecule has 5 rings (SSSR count). The molecular formula is C26H16Cl2F2N2O. The third-order valence-electron chi connectivity index (χ3n) is 5.67. The van der Waals surface area contributed by atoms with Gasteiger partial charge >= 0.3 is 0 Å². The maximum atomic E-state index is 13.9. The van der Waals surface area contributed by atoms with Gasteiger partial charge in [-0.1, -0.05) is 47.5 Å². The van der Waals surface area contributed by atoms with E-state index in [4.69, 9.17) is 28.9 Å². The van der Waals surface area contributed by atoms with Crippen molar-refractivity contribution in [1.29, 1.82) is 0 Å². The Morgan fingerprint density at radius 1 is 0.848 bits per heavy atom. The summed E-state index contributed by atoms with van der Waals surface area (Å²) < 4.78 is 29.7. The predicted molar refractivity (Wildman–Crippen MR) is 129 cm³/mol. The van der Waals surface area contributed by atoms with Gasteiger partial charge in [-0.2, -0.15) is 0 Å². The summed E-state index contributed by atoms with van der Waals surface area (Å²) in [6, 6.07) is 19.6. The minimum Gasteiger partial charge on any atom is -0.366 e. The fraction of sp³-hybridized carbons (Fsp3) is 0.0385. The molecule has 5 aromatic rings. The predicted octanol–water partition coefficient (Wildman–Crippen LogP) is 7.19. The van der Waals surface area contributed by atoms with Crippen molar-refractivity contribution in [1.82, 2.24) is 4.57 Å². The van der Waals surface area contributed by atoms with Crippen LogP contribution in [0.3, 0.4) is 0 Å². The summed E-state index contributed by atoms with van der Waals surface area (Å²) in [5, 5.41) is 2.45. The molecule has 4 aromatic carbocycles. The van der Waals surface area contributed by atoms with Crippen LogP contribution in [0.4, 0.5) is 8.78 Å². The number of carbonyl (C=O) groups excluding carboxylic acids is 1. The molecule has 0 atom stereocenters. The highest BCUT2D eigenvalue weighted by molar-refractivity contribution is 6.39. The van der Waals surface area contributed by atoms with Crippen molar-refractivity contribution in [2.75, 3.05) is 0 Å². The van der Waals surface area contributed by atoms with E-state index in [9.17, 15) is 13.6 Å². The van der Waals surface area contributed by atoms with Gasteiger partial charge in [0.25, 0.3) is 0 Å². The monoisotopic (exact) mass is 480 g/mol. The third kappa shape index (κ3) is 3.73. The minimum atomic E-state index is -0.660. The number of primary amides is 1. The minimum absolute atomic E-state index is 0.177. The number of amides is 1. The van der Waals surface area contributed by atoms with E-state index in [2.05, 4.69) is 0 Å². The number of nitrogens with two attached hydrogens (primary N) is 1. The van der Waals surface area contributed by atoms with Gasteiger partial charge in [0.2, 0.25) is 5.91 Å². The fourth-order valence-corrected chi connectivity index (χ4v) is 4.95. The average molecular weight is 481 g/mol. The third-order valence-corrected chi connectivity index (χ3v) is 6.30. The van der Waals surface area contributed by atoms with Crippen LogP contribution in [0.1, 0.15) is 15.9 Å². The van der Waals surface area contributed by atoms with Crippen LogP contribution in [-0.4, -0.2) is 10.5 Å². The average Bonchev–Trinajstić information content (AvgIpc) is 3.06. The summed E-state index contributed by atoms with van der Waals surface area (Å²) in [7, 11) is 0. The van der Waals surface area contributed by atoms with E-state index in [-0.39, 0.29) is 6.54 Å². The molecule has 33 heavy (non-hydrogen) atoms. The molecule has 0 aliphatic rings. The molecule has 0 radical (unpaired) electrons. The van der Waals surface area contributed by atoms with Crippen LogP contribution in [0.25, 0.3) is 32.9 Å². The van der Waals surface area contributed by atoms with Gasteiger partial charge in [0.15, 0.2) is 0 Å². The van der Waals surface area contributed by atoms with Crippen molar-refractivity contribution in [2.24, 2.45) is 5.73 Å². The zero-order valence-electron chi connectivity index (χ0n) is 17.1. The number of carbonyl (C=O) groups is 1. The van der Waals surface area contributed by atoms with E-state index in [1.165, 1.54) is 12.1 Å².